The summed E-state index contributed by atoms with van der Waals surface area (Å²) in [6.07, 6.45) is -1.40. The van der Waals surface area contributed by atoms with Crippen LogP contribution < -0.4 is 27.4 Å². The quantitative estimate of drug-likeness (QED) is 0.117. The highest BCUT2D eigenvalue weighted by Gasteiger charge is 2.31. The number of primary amides is 1. The first-order valence-electron chi connectivity index (χ1n) is 9.78. The molecule has 0 aliphatic carbocycles. The molecule has 0 aliphatic heterocycles. The van der Waals surface area contributed by atoms with Crippen LogP contribution in [0, 0.1) is 5.92 Å². The van der Waals surface area contributed by atoms with E-state index in [1.54, 1.807) is 13.8 Å². The van der Waals surface area contributed by atoms with Crippen LogP contribution in [0.25, 0.3) is 0 Å². The van der Waals surface area contributed by atoms with Gasteiger partial charge in [-0.05, 0) is 18.8 Å². The van der Waals surface area contributed by atoms with Crippen molar-refractivity contribution in [3.63, 3.8) is 0 Å². The van der Waals surface area contributed by atoms with Gasteiger partial charge < -0.3 is 37.6 Å². The molecule has 0 heterocycles. The van der Waals surface area contributed by atoms with Crippen LogP contribution in [0.3, 0.4) is 0 Å². The van der Waals surface area contributed by atoms with E-state index in [0.29, 0.717) is 0 Å². The molecular weight excluding hydrogens is 446 g/mol. The molecule has 14 heteroatoms. The number of aliphatic carboxylic acids is 2. The third-order valence-electron chi connectivity index (χ3n) is 4.17. The van der Waals surface area contributed by atoms with Crippen molar-refractivity contribution in [1.82, 2.24) is 16.0 Å². The molecule has 4 amide bonds. The van der Waals surface area contributed by atoms with Gasteiger partial charge in [0, 0.05) is 12.2 Å². The van der Waals surface area contributed by atoms with Crippen LogP contribution in [0.5, 0.6) is 0 Å². The molecule has 0 bridgehead atoms. The maximum absolute atomic E-state index is 12.6. The van der Waals surface area contributed by atoms with Crippen LogP contribution in [0.2, 0.25) is 0 Å². The van der Waals surface area contributed by atoms with Gasteiger partial charge in [0.1, 0.15) is 18.1 Å². The molecule has 0 fully saturated rings. The summed E-state index contributed by atoms with van der Waals surface area (Å²) in [5, 5.41) is 25.0. The lowest BCUT2D eigenvalue weighted by molar-refractivity contribution is -0.143. The summed E-state index contributed by atoms with van der Waals surface area (Å²) in [4.78, 5) is 70.9. The Morgan fingerprint density at radius 1 is 0.875 bits per heavy atom. The van der Waals surface area contributed by atoms with Crippen LogP contribution in [0.1, 0.15) is 39.5 Å². The van der Waals surface area contributed by atoms with Crippen molar-refractivity contribution in [2.24, 2.45) is 17.4 Å². The zero-order valence-corrected chi connectivity index (χ0v) is 18.8. The van der Waals surface area contributed by atoms with E-state index in [4.69, 9.17) is 16.6 Å². The lowest BCUT2D eigenvalue weighted by Crippen LogP contribution is -2.58. The maximum atomic E-state index is 12.6. The highest BCUT2D eigenvalue weighted by molar-refractivity contribution is 7.80. The van der Waals surface area contributed by atoms with E-state index in [1.165, 1.54) is 0 Å². The molecule has 0 aromatic rings. The zero-order chi connectivity index (χ0) is 25.0. The summed E-state index contributed by atoms with van der Waals surface area (Å²) >= 11 is 3.87. The second kappa shape index (κ2) is 14.2. The number of nitrogens with two attached hydrogens (primary N) is 2. The Balaban J connectivity index is 5.55. The third-order valence-corrected chi connectivity index (χ3v) is 4.57. The van der Waals surface area contributed by atoms with E-state index in [0.717, 1.165) is 0 Å². The Hall–Kier alpha value is -2.87. The number of carbonyl (C=O) groups is 6. The number of rotatable bonds is 15. The van der Waals surface area contributed by atoms with Gasteiger partial charge in [0.2, 0.25) is 23.6 Å². The molecule has 4 atom stereocenters. The van der Waals surface area contributed by atoms with Gasteiger partial charge in [0.25, 0.3) is 0 Å². The second-order valence-corrected chi connectivity index (χ2v) is 7.91. The number of hydrogen-bond donors (Lipinski definition) is 8. The highest BCUT2D eigenvalue weighted by atomic mass is 32.1. The summed E-state index contributed by atoms with van der Waals surface area (Å²) in [5.74, 6) is -6.32. The lowest BCUT2D eigenvalue weighted by Gasteiger charge is -2.25. The van der Waals surface area contributed by atoms with Gasteiger partial charge in [0.15, 0.2) is 0 Å². The number of amides is 4. The predicted octanol–water partition coefficient (Wildman–Crippen LogP) is -2.43. The second-order valence-electron chi connectivity index (χ2n) is 7.54. The van der Waals surface area contributed by atoms with Gasteiger partial charge >= 0.3 is 11.9 Å². The van der Waals surface area contributed by atoms with Crippen molar-refractivity contribution >= 4 is 48.2 Å². The smallest absolute Gasteiger partial charge is 0.326 e. The number of nitrogens with one attached hydrogen (secondary N) is 3. The topological polar surface area (TPSA) is 231 Å². The lowest BCUT2D eigenvalue weighted by atomic mass is 10.0. The Labute approximate surface area is 190 Å². The Kier molecular flexibility index (Phi) is 13.0. The van der Waals surface area contributed by atoms with Gasteiger partial charge in [-0.1, -0.05) is 13.8 Å². The molecule has 0 spiro atoms. The highest BCUT2D eigenvalue weighted by Crippen LogP contribution is 2.07. The average molecular weight is 478 g/mol. The molecule has 0 rings (SSSR count). The molecule has 4 unspecified atom stereocenters. The first kappa shape index (κ1) is 29.1. The van der Waals surface area contributed by atoms with Crippen LogP contribution in [-0.2, 0) is 28.8 Å². The predicted molar refractivity (Wildman–Crippen MR) is 115 cm³/mol. The monoisotopic (exact) mass is 477 g/mol. The van der Waals surface area contributed by atoms with E-state index in [1.807, 2.05) is 0 Å². The van der Waals surface area contributed by atoms with Crippen molar-refractivity contribution < 1.29 is 39.0 Å². The summed E-state index contributed by atoms with van der Waals surface area (Å²) in [6.45, 7) is 3.50. The molecule has 0 saturated heterocycles. The molecule has 0 aliphatic rings. The van der Waals surface area contributed by atoms with Crippen molar-refractivity contribution in [1.29, 1.82) is 0 Å². The largest absolute Gasteiger partial charge is 0.481 e. The summed E-state index contributed by atoms with van der Waals surface area (Å²) in [6, 6.07) is -5.28. The van der Waals surface area contributed by atoms with Crippen LogP contribution in [0.4, 0.5) is 0 Å². The van der Waals surface area contributed by atoms with Crippen LogP contribution in [0.15, 0.2) is 0 Å². The molecule has 32 heavy (non-hydrogen) atoms. The average Bonchev–Trinajstić information content (AvgIpc) is 2.67. The van der Waals surface area contributed by atoms with Crippen molar-refractivity contribution in [2.75, 3.05) is 5.75 Å². The fourth-order valence-corrected chi connectivity index (χ4v) is 2.71. The summed E-state index contributed by atoms with van der Waals surface area (Å²) in [7, 11) is 0. The number of carboxylic acid groups (broad SMARTS) is 2. The summed E-state index contributed by atoms with van der Waals surface area (Å²) in [5.41, 5.74) is 10.6. The maximum Gasteiger partial charge on any atom is 0.326 e. The van der Waals surface area contributed by atoms with E-state index < -0.39 is 72.6 Å². The number of carbonyl (C=O) groups excluding carboxylic acids is 4. The van der Waals surface area contributed by atoms with Crippen LogP contribution in [-0.4, -0.2) is 75.7 Å². The number of carboxylic acids is 2. The first-order valence-corrected chi connectivity index (χ1v) is 10.4. The molecule has 9 N–H and O–H groups in total. The zero-order valence-electron chi connectivity index (χ0n) is 17.9. The van der Waals surface area contributed by atoms with Crippen molar-refractivity contribution in [3.05, 3.63) is 0 Å². The Bertz CT molecular complexity index is 717. The van der Waals surface area contributed by atoms with E-state index in [9.17, 15) is 33.9 Å². The van der Waals surface area contributed by atoms with Gasteiger partial charge in [-0.3, -0.25) is 24.0 Å². The van der Waals surface area contributed by atoms with Crippen molar-refractivity contribution in [3.8, 4) is 0 Å². The van der Waals surface area contributed by atoms with E-state index >= 15 is 0 Å². The fraction of sp³-hybridized carbons (Fsp3) is 0.667. The molecule has 13 nitrogen and oxygen atoms in total. The van der Waals surface area contributed by atoms with Gasteiger partial charge in [-0.2, -0.15) is 12.6 Å². The van der Waals surface area contributed by atoms with Crippen molar-refractivity contribution in [2.45, 2.75) is 63.7 Å². The first-order chi connectivity index (χ1) is 14.8. The van der Waals surface area contributed by atoms with Gasteiger partial charge in [-0.25, -0.2) is 4.79 Å². The molecule has 182 valence electrons. The molecular formula is C18H31N5O8S. The minimum Gasteiger partial charge on any atom is -0.481 e. The molecule has 0 radical (unpaired) electrons. The Morgan fingerprint density at radius 2 is 1.38 bits per heavy atom. The number of hydrogen-bond acceptors (Lipinski definition) is 8. The van der Waals surface area contributed by atoms with E-state index in [-0.39, 0.29) is 24.5 Å². The molecule has 0 aromatic carbocycles. The normalized spacial score (nSPS) is 14.5. The van der Waals surface area contributed by atoms with Gasteiger partial charge in [-0.15, -0.1) is 0 Å². The standard InChI is InChI=1S/C18H31N5O8S/c1-8(2)5-12(18(30)31)23-16(28)10(3-4-14(25)26)21-17(29)11(6-13(20)24)22-15(27)9(19)7-32/h8-12,32H,3-7,19H2,1-2H3,(H2,20,24)(H,21,29)(H,22,27)(H,23,28)(H,25,26)(H,30,31). The third kappa shape index (κ3) is 11.5. The molecule has 0 aromatic heterocycles. The minimum absolute atomic E-state index is 0.0488. The van der Waals surface area contributed by atoms with Crippen LogP contribution >= 0.6 is 12.6 Å². The minimum atomic E-state index is -1.49. The summed E-state index contributed by atoms with van der Waals surface area (Å²) < 4.78 is 0. The fourth-order valence-electron chi connectivity index (χ4n) is 2.55. The SMILES string of the molecule is CC(C)CC(NC(=O)C(CCC(=O)O)NC(=O)C(CC(N)=O)NC(=O)C(N)CS)C(=O)O. The Morgan fingerprint density at radius 3 is 1.81 bits per heavy atom. The van der Waals surface area contributed by atoms with E-state index in [2.05, 4.69) is 28.6 Å². The molecule has 0 saturated carbocycles. The number of thiol groups is 1. The van der Waals surface area contributed by atoms with Gasteiger partial charge in [0.05, 0.1) is 12.5 Å².